The second-order valence-corrected chi connectivity index (χ2v) is 7.66. The minimum Gasteiger partial charge on any atom is -0.325 e. The molecule has 0 radical (unpaired) electrons. The van der Waals surface area contributed by atoms with Gasteiger partial charge in [-0.1, -0.05) is 36.0 Å². The van der Waals surface area contributed by atoms with Gasteiger partial charge in [-0.15, -0.1) is 0 Å². The number of fused-ring (bicyclic) bond motifs is 1. The van der Waals surface area contributed by atoms with Crippen LogP contribution in [0.15, 0.2) is 58.5 Å². The van der Waals surface area contributed by atoms with Crippen molar-refractivity contribution in [2.24, 2.45) is 0 Å². The van der Waals surface area contributed by atoms with Gasteiger partial charge in [-0.2, -0.15) is 5.26 Å². The zero-order valence-electron chi connectivity index (χ0n) is 14.4. The normalized spacial score (nSPS) is 10.5. The third kappa shape index (κ3) is 4.37. The van der Waals surface area contributed by atoms with E-state index in [0.717, 1.165) is 49.4 Å². The number of amides is 1. The minimum atomic E-state index is -0.0724. The van der Waals surface area contributed by atoms with E-state index in [1.54, 1.807) is 0 Å². The first kappa shape index (κ1) is 18.3. The van der Waals surface area contributed by atoms with Crippen LogP contribution in [0.5, 0.6) is 0 Å². The summed E-state index contributed by atoms with van der Waals surface area (Å²) >= 11 is 2.54. The highest BCUT2D eigenvalue weighted by Crippen LogP contribution is 2.28. The van der Waals surface area contributed by atoms with Gasteiger partial charge < -0.3 is 5.32 Å². The smallest absolute Gasteiger partial charge is 0.234 e. The molecule has 130 valence electrons. The molecule has 0 atom stereocenters. The molecule has 6 heteroatoms. The topological polar surface area (TPSA) is 65.8 Å². The van der Waals surface area contributed by atoms with Crippen molar-refractivity contribution >= 4 is 46.0 Å². The van der Waals surface area contributed by atoms with E-state index in [1.165, 1.54) is 11.8 Å². The molecule has 0 spiro atoms. The summed E-state index contributed by atoms with van der Waals surface area (Å²) in [5, 5.41) is 15.8. The molecule has 4 nitrogen and oxygen atoms in total. The molecule has 0 fully saturated rings. The van der Waals surface area contributed by atoms with E-state index in [2.05, 4.69) is 15.7 Å². The summed E-state index contributed by atoms with van der Waals surface area (Å²) in [5.41, 5.74) is 3.63. The molecule has 0 aliphatic heterocycles. The van der Waals surface area contributed by atoms with Crippen molar-refractivity contribution in [3.05, 3.63) is 59.7 Å². The lowest BCUT2D eigenvalue weighted by Gasteiger charge is -2.12. The van der Waals surface area contributed by atoms with Crippen LogP contribution in [0.25, 0.3) is 10.9 Å². The monoisotopic (exact) mass is 379 g/mol. The third-order valence-corrected chi connectivity index (χ3v) is 5.35. The fraction of sp³-hybridized carbons (Fsp3) is 0.150. The van der Waals surface area contributed by atoms with E-state index in [0.29, 0.717) is 5.75 Å². The number of pyridine rings is 1. The summed E-state index contributed by atoms with van der Waals surface area (Å²) in [6.45, 7) is 3.87. The molecule has 0 saturated heterocycles. The maximum absolute atomic E-state index is 12.3. The summed E-state index contributed by atoms with van der Waals surface area (Å²) < 4.78 is 0. The highest BCUT2D eigenvalue weighted by molar-refractivity contribution is 8.03. The van der Waals surface area contributed by atoms with Crippen LogP contribution in [0.1, 0.15) is 11.1 Å². The maximum atomic E-state index is 12.3. The SMILES string of the molecule is Cc1cc(SC#N)cc(C)c1NC(=O)CSc1ccc2ccccc2n1. The van der Waals surface area contributed by atoms with Crippen molar-refractivity contribution in [2.45, 2.75) is 23.8 Å². The fourth-order valence-electron chi connectivity index (χ4n) is 2.68. The number of hydrogen-bond donors (Lipinski definition) is 1. The average Bonchev–Trinajstić information content (AvgIpc) is 2.63. The molecule has 0 aliphatic carbocycles. The van der Waals surface area contributed by atoms with Gasteiger partial charge in [0, 0.05) is 16.0 Å². The Morgan fingerprint density at radius 3 is 2.62 bits per heavy atom. The van der Waals surface area contributed by atoms with Gasteiger partial charge in [0.2, 0.25) is 5.91 Å². The van der Waals surface area contributed by atoms with E-state index in [4.69, 9.17) is 5.26 Å². The number of para-hydroxylation sites is 1. The molecule has 0 saturated carbocycles. The number of nitriles is 1. The summed E-state index contributed by atoms with van der Waals surface area (Å²) in [5.74, 6) is 0.218. The van der Waals surface area contributed by atoms with Crippen molar-refractivity contribution in [1.29, 1.82) is 5.26 Å². The van der Waals surface area contributed by atoms with Gasteiger partial charge >= 0.3 is 0 Å². The van der Waals surface area contributed by atoms with Crippen LogP contribution in [0.4, 0.5) is 5.69 Å². The van der Waals surface area contributed by atoms with Crippen molar-refractivity contribution in [1.82, 2.24) is 4.98 Å². The van der Waals surface area contributed by atoms with E-state index in [-0.39, 0.29) is 5.91 Å². The number of nitrogens with one attached hydrogen (secondary N) is 1. The maximum Gasteiger partial charge on any atom is 0.234 e. The fourth-order valence-corrected chi connectivity index (χ4v) is 3.93. The van der Waals surface area contributed by atoms with Crippen LogP contribution in [0.3, 0.4) is 0 Å². The molecule has 0 bridgehead atoms. The molecular weight excluding hydrogens is 362 g/mol. The Balaban J connectivity index is 1.66. The molecule has 0 aliphatic rings. The van der Waals surface area contributed by atoms with Crippen molar-refractivity contribution in [2.75, 3.05) is 11.1 Å². The first-order valence-corrected chi connectivity index (χ1v) is 9.82. The zero-order chi connectivity index (χ0) is 18.5. The molecule has 1 N–H and O–H groups in total. The number of anilines is 1. The number of aryl methyl sites for hydroxylation is 2. The highest BCUT2D eigenvalue weighted by atomic mass is 32.2. The number of hydrogen-bond acceptors (Lipinski definition) is 5. The van der Waals surface area contributed by atoms with E-state index in [1.807, 2.05) is 62.4 Å². The lowest BCUT2D eigenvalue weighted by molar-refractivity contribution is -0.113. The molecule has 0 unspecified atom stereocenters. The summed E-state index contributed by atoms with van der Waals surface area (Å²) in [6, 6.07) is 15.7. The Kier molecular flexibility index (Phi) is 5.82. The zero-order valence-corrected chi connectivity index (χ0v) is 16.1. The molecule has 2 aromatic carbocycles. The Morgan fingerprint density at radius 2 is 1.88 bits per heavy atom. The van der Waals surface area contributed by atoms with Gasteiger partial charge in [0.25, 0.3) is 0 Å². The van der Waals surface area contributed by atoms with Gasteiger partial charge in [-0.3, -0.25) is 4.79 Å². The van der Waals surface area contributed by atoms with Crippen LogP contribution >= 0.6 is 23.5 Å². The Hall–Kier alpha value is -2.49. The lowest BCUT2D eigenvalue weighted by atomic mass is 10.1. The van der Waals surface area contributed by atoms with Gasteiger partial charge in [0.15, 0.2) is 0 Å². The minimum absolute atomic E-state index is 0.0724. The van der Waals surface area contributed by atoms with Crippen molar-refractivity contribution < 1.29 is 4.79 Å². The molecule has 26 heavy (non-hydrogen) atoms. The summed E-state index contributed by atoms with van der Waals surface area (Å²) in [6.07, 6.45) is 0. The van der Waals surface area contributed by atoms with Crippen LogP contribution in [-0.2, 0) is 4.79 Å². The quantitative estimate of drug-likeness (QED) is 0.490. The lowest BCUT2D eigenvalue weighted by Crippen LogP contribution is -2.16. The number of carbonyl (C=O) groups is 1. The molecular formula is C20H17N3OS2. The molecule has 1 aromatic heterocycles. The van der Waals surface area contributed by atoms with E-state index < -0.39 is 0 Å². The van der Waals surface area contributed by atoms with Crippen LogP contribution in [0, 0.1) is 24.5 Å². The second-order valence-electron chi connectivity index (χ2n) is 5.80. The second kappa shape index (κ2) is 8.26. The number of thiocyanates is 1. The van der Waals surface area contributed by atoms with Crippen molar-refractivity contribution in [3.8, 4) is 5.40 Å². The van der Waals surface area contributed by atoms with E-state index in [9.17, 15) is 4.79 Å². The van der Waals surface area contributed by atoms with E-state index >= 15 is 0 Å². The average molecular weight is 380 g/mol. The van der Waals surface area contributed by atoms with Crippen LogP contribution < -0.4 is 5.32 Å². The first-order chi connectivity index (χ1) is 12.6. The van der Waals surface area contributed by atoms with Crippen LogP contribution in [0.2, 0.25) is 0 Å². The Morgan fingerprint density at radius 1 is 1.15 bits per heavy atom. The number of aromatic nitrogens is 1. The summed E-state index contributed by atoms with van der Waals surface area (Å²) in [4.78, 5) is 17.8. The first-order valence-electron chi connectivity index (χ1n) is 8.02. The highest BCUT2D eigenvalue weighted by Gasteiger charge is 2.10. The predicted octanol–water partition coefficient (Wildman–Crippen LogP) is 5.16. The van der Waals surface area contributed by atoms with Crippen molar-refractivity contribution in [3.63, 3.8) is 0 Å². The van der Waals surface area contributed by atoms with Crippen LogP contribution in [-0.4, -0.2) is 16.6 Å². The number of carbonyl (C=O) groups excluding carboxylic acids is 1. The predicted molar refractivity (Wildman–Crippen MR) is 108 cm³/mol. The largest absolute Gasteiger partial charge is 0.325 e. The number of benzene rings is 2. The van der Waals surface area contributed by atoms with Gasteiger partial charge in [-0.25, -0.2) is 4.98 Å². The molecule has 3 aromatic rings. The van der Waals surface area contributed by atoms with Gasteiger partial charge in [-0.05, 0) is 61.0 Å². The number of thioether (sulfide) groups is 2. The Labute approximate surface area is 161 Å². The summed E-state index contributed by atoms with van der Waals surface area (Å²) in [7, 11) is 0. The van der Waals surface area contributed by atoms with Gasteiger partial charge in [0.1, 0.15) is 5.40 Å². The standard InChI is InChI=1S/C20H17N3OS2/c1-13-9-16(26-12-21)10-14(2)20(13)23-18(24)11-25-19-8-7-15-5-3-4-6-17(15)22-19/h3-10H,11H2,1-2H3,(H,23,24). The Bertz CT molecular complexity index is 988. The third-order valence-electron chi connectivity index (χ3n) is 3.86. The molecule has 1 amide bonds. The molecule has 1 heterocycles. The van der Waals surface area contributed by atoms with Gasteiger partial charge in [0.05, 0.1) is 16.3 Å². The number of rotatable bonds is 5. The number of nitrogens with zero attached hydrogens (tertiary/aromatic N) is 2. The molecule has 3 rings (SSSR count).